The van der Waals surface area contributed by atoms with E-state index in [2.05, 4.69) is 25.4 Å². The Hall–Kier alpha value is -3.29. The molecule has 0 aliphatic carbocycles. The number of aromatic nitrogens is 5. The van der Waals surface area contributed by atoms with Gasteiger partial charge in [0, 0.05) is 37.7 Å². The molecular weight excluding hydrogens is 318 g/mol. The summed E-state index contributed by atoms with van der Waals surface area (Å²) in [5, 5.41) is 7.02. The van der Waals surface area contributed by atoms with Gasteiger partial charge in [-0.1, -0.05) is 6.07 Å². The Kier molecular flexibility index (Phi) is 3.85. The maximum Gasteiger partial charge on any atom is 0.232 e. The second kappa shape index (κ2) is 6.31. The lowest BCUT2D eigenvalue weighted by Gasteiger charge is -2.38. The third-order valence-corrected chi connectivity index (χ3v) is 4.12. The van der Waals surface area contributed by atoms with Crippen LogP contribution in [0, 0.1) is 12.8 Å². The van der Waals surface area contributed by atoms with Gasteiger partial charge < -0.3 is 10.2 Å². The number of carbonyl (C=O) groups excluding carboxylic acids is 1. The molecule has 1 N–H and O–H groups in total. The molecule has 1 amide bonds. The van der Waals surface area contributed by atoms with E-state index in [-0.39, 0.29) is 11.8 Å². The zero-order valence-electron chi connectivity index (χ0n) is 13.7. The Labute approximate surface area is 144 Å². The summed E-state index contributed by atoms with van der Waals surface area (Å²) in [6.45, 7) is 3.20. The molecule has 1 aliphatic rings. The first-order valence-corrected chi connectivity index (χ1v) is 7.99. The zero-order valence-corrected chi connectivity index (χ0v) is 13.7. The van der Waals surface area contributed by atoms with Crippen LogP contribution in [0.2, 0.25) is 0 Å². The predicted molar refractivity (Wildman–Crippen MR) is 92.5 cm³/mol. The smallest absolute Gasteiger partial charge is 0.232 e. The molecule has 8 heteroatoms. The van der Waals surface area contributed by atoms with Gasteiger partial charge in [0.1, 0.15) is 18.0 Å². The average Bonchev–Trinajstić information content (AvgIpc) is 3.10. The third kappa shape index (κ3) is 3.18. The van der Waals surface area contributed by atoms with Crippen LogP contribution in [0.1, 0.15) is 5.56 Å². The van der Waals surface area contributed by atoms with E-state index >= 15 is 0 Å². The third-order valence-electron chi connectivity index (χ3n) is 4.12. The number of rotatable bonds is 4. The Bertz CT molecular complexity index is 870. The molecule has 25 heavy (non-hydrogen) atoms. The van der Waals surface area contributed by atoms with Crippen LogP contribution in [-0.4, -0.2) is 43.7 Å². The largest absolute Gasteiger partial charge is 0.355 e. The van der Waals surface area contributed by atoms with Crippen LogP contribution in [0.25, 0.3) is 5.82 Å². The number of anilines is 2. The van der Waals surface area contributed by atoms with E-state index in [0.29, 0.717) is 24.7 Å². The van der Waals surface area contributed by atoms with Crippen molar-refractivity contribution in [3.63, 3.8) is 0 Å². The molecule has 1 aliphatic heterocycles. The summed E-state index contributed by atoms with van der Waals surface area (Å²) in [5.74, 6) is 1.97. The number of amides is 1. The first kappa shape index (κ1) is 15.3. The predicted octanol–water partition coefficient (Wildman–Crippen LogP) is 1.44. The van der Waals surface area contributed by atoms with Gasteiger partial charge >= 0.3 is 0 Å². The lowest BCUT2D eigenvalue weighted by atomic mass is 9.99. The van der Waals surface area contributed by atoms with Crippen molar-refractivity contribution in [1.29, 1.82) is 0 Å². The number of nitrogens with zero attached hydrogens (tertiary/aromatic N) is 6. The number of aryl methyl sites for hydroxylation is 1. The number of hydrogen-bond donors (Lipinski definition) is 1. The molecule has 1 fully saturated rings. The number of pyridine rings is 1. The molecule has 0 spiro atoms. The average molecular weight is 335 g/mol. The van der Waals surface area contributed by atoms with Gasteiger partial charge in [0.2, 0.25) is 5.91 Å². The highest BCUT2D eigenvalue weighted by Crippen LogP contribution is 2.24. The van der Waals surface area contributed by atoms with Crippen LogP contribution in [0.4, 0.5) is 11.6 Å². The fourth-order valence-electron chi connectivity index (χ4n) is 2.64. The summed E-state index contributed by atoms with van der Waals surface area (Å²) in [6, 6.07) is 7.44. The second-order valence-electron chi connectivity index (χ2n) is 6.00. The van der Waals surface area contributed by atoms with Gasteiger partial charge in [-0.05, 0) is 24.6 Å². The van der Waals surface area contributed by atoms with Gasteiger partial charge in [0.05, 0.1) is 5.92 Å². The molecule has 4 rings (SSSR count). The van der Waals surface area contributed by atoms with E-state index in [9.17, 15) is 4.79 Å². The molecule has 0 radical (unpaired) electrons. The first-order chi connectivity index (χ1) is 12.2. The minimum Gasteiger partial charge on any atom is -0.355 e. The monoisotopic (exact) mass is 335 g/mol. The van der Waals surface area contributed by atoms with E-state index < -0.39 is 0 Å². The fraction of sp³-hybridized carbons (Fsp3) is 0.235. The van der Waals surface area contributed by atoms with Crippen LogP contribution in [0.15, 0.2) is 49.2 Å². The van der Waals surface area contributed by atoms with Crippen molar-refractivity contribution in [3.05, 3.63) is 54.7 Å². The minimum absolute atomic E-state index is 0.0195. The van der Waals surface area contributed by atoms with Crippen molar-refractivity contribution in [2.24, 2.45) is 5.92 Å². The number of nitrogens with one attached hydrogen (secondary N) is 1. The standard InChI is InChI=1S/C17H17N7O/c1-12-3-4-14(18-8-12)22-17(25)13-9-23(10-13)15-7-16(20-11-19-15)24-6-2-5-21-24/h2-8,11,13H,9-10H2,1H3,(H,18,22,25). The Morgan fingerprint density at radius 1 is 1.20 bits per heavy atom. The van der Waals surface area contributed by atoms with Crippen molar-refractivity contribution in [2.45, 2.75) is 6.92 Å². The van der Waals surface area contributed by atoms with Crippen LogP contribution < -0.4 is 10.2 Å². The van der Waals surface area contributed by atoms with Crippen LogP contribution in [0.5, 0.6) is 0 Å². The van der Waals surface area contributed by atoms with Crippen molar-refractivity contribution >= 4 is 17.5 Å². The van der Waals surface area contributed by atoms with Gasteiger partial charge in [-0.25, -0.2) is 19.6 Å². The van der Waals surface area contributed by atoms with Crippen molar-refractivity contribution in [1.82, 2.24) is 24.7 Å². The first-order valence-electron chi connectivity index (χ1n) is 7.99. The lowest BCUT2D eigenvalue weighted by molar-refractivity contribution is -0.120. The van der Waals surface area contributed by atoms with Gasteiger partial charge in [0.15, 0.2) is 5.82 Å². The van der Waals surface area contributed by atoms with E-state index in [0.717, 1.165) is 11.4 Å². The Morgan fingerprint density at radius 2 is 2.04 bits per heavy atom. The van der Waals surface area contributed by atoms with Gasteiger partial charge in [-0.15, -0.1) is 0 Å². The van der Waals surface area contributed by atoms with E-state index in [1.165, 1.54) is 6.33 Å². The van der Waals surface area contributed by atoms with Crippen LogP contribution in [-0.2, 0) is 4.79 Å². The Balaban J connectivity index is 1.38. The summed E-state index contributed by atoms with van der Waals surface area (Å²) < 4.78 is 1.68. The normalized spacial score (nSPS) is 14.2. The van der Waals surface area contributed by atoms with Crippen molar-refractivity contribution < 1.29 is 4.79 Å². The molecule has 0 bridgehead atoms. The second-order valence-corrected chi connectivity index (χ2v) is 6.00. The van der Waals surface area contributed by atoms with E-state index in [4.69, 9.17) is 0 Å². The molecule has 3 aromatic rings. The molecule has 8 nitrogen and oxygen atoms in total. The Morgan fingerprint density at radius 3 is 2.76 bits per heavy atom. The molecular formula is C17H17N7O. The molecule has 1 saturated heterocycles. The fourth-order valence-corrected chi connectivity index (χ4v) is 2.64. The quantitative estimate of drug-likeness (QED) is 0.776. The number of carbonyl (C=O) groups is 1. The van der Waals surface area contributed by atoms with Crippen molar-refractivity contribution in [2.75, 3.05) is 23.3 Å². The summed E-state index contributed by atoms with van der Waals surface area (Å²) in [5.41, 5.74) is 1.06. The zero-order chi connectivity index (χ0) is 17.2. The lowest BCUT2D eigenvalue weighted by Crippen LogP contribution is -2.52. The highest BCUT2D eigenvalue weighted by molar-refractivity contribution is 5.93. The molecule has 126 valence electrons. The molecule has 4 heterocycles. The van der Waals surface area contributed by atoms with Crippen LogP contribution in [0.3, 0.4) is 0 Å². The summed E-state index contributed by atoms with van der Waals surface area (Å²) >= 11 is 0. The van der Waals surface area contributed by atoms with Gasteiger partial charge in [-0.2, -0.15) is 5.10 Å². The summed E-state index contributed by atoms with van der Waals surface area (Å²) in [7, 11) is 0. The molecule has 0 aromatic carbocycles. The maximum absolute atomic E-state index is 12.3. The van der Waals surface area contributed by atoms with Crippen LogP contribution >= 0.6 is 0 Å². The van der Waals surface area contributed by atoms with Crippen molar-refractivity contribution in [3.8, 4) is 5.82 Å². The topological polar surface area (TPSA) is 88.8 Å². The van der Waals surface area contributed by atoms with Gasteiger partial charge in [0.25, 0.3) is 0 Å². The highest BCUT2D eigenvalue weighted by atomic mass is 16.2. The SMILES string of the molecule is Cc1ccc(NC(=O)C2CN(c3cc(-n4cccn4)ncn3)C2)nc1. The molecule has 0 saturated carbocycles. The maximum atomic E-state index is 12.3. The highest BCUT2D eigenvalue weighted by Gasteiger charge is 2.33. The molecule has 3 aromatic heterocycles. The molecule has 0 unspecified atom stereocenters. The van der Waals surface area contributed by atoms with Gasteiger partial charge in [-0.3, -0.25) is 4.79 Å². The minimum atomic E-state index is -0.0776. The van der Waals surface area contributed by atoms with E-state index in [1.807, 2.05) is 42.3 Å². The number of hydrogen-bond acceptors (Lipinski definition) is 6. The summed E-state index contributed by atoms with van der Waals surface area (Å²) in [4.78, 5) is 27.0. The summed E-state index contributed by atoms with van der Waals surface area (Å²) in [6.07, 6.45) is 6.77. The molecule has 0 atom stereocenters. The van der Waals surface area contributed by atoms with E-state index in [1.54, 1.807) is 17.1 Å².